The molecule has 0 atom stereocenters. The Morgan fingerprint density at radius 3 is 0.625 bits per heavy atom. The van der Waals surface area contributed by atoms with Crippen LogP contribution < -0.4 is 18.9 Å². The summed E-state index contributed by atoms with van der Waals surface area (Å²) in [6.07, 6.45) is 0. The summed E-state index contributed by atoms with van der Waals surface area (Å²) >= 11 is 0. The van der Waals surface area contributed by atoms with Crippen LogP contribution in [-0.2, 0) is 0 Å². The van der Waals surface area contributed by atoms with Gasteiger partial charge in [-0.25, -0.2) is 0 Å². The zero-order valence-corrected chi connectivity index (χ0v) is 4.61. The minimum atomic E-state index is -10.7. The summed E-state index contributed by atoms with van der Waals surface area (Å²) < 4.78 is 59.2. The van der Waals surface area contributed by atoms with E-state index in [0.29, 0.717) is 0 Å². The molecular weight excluding hydrogens is 151 g/mol. The van der Waals surface area contributed by atoms with Gasteiger partial charge in [0, 0.05) is 0 Å². The molecule has 0 amide bonds. The zero-order valence-electron chi connectivity index (χ0n) is 3.72. The number of rotatable bonds is 0. The van der Waals surface area contributed by atoms with E-state index >= 15 is 0 Å². The Bertz CT molecular complexity index is 67.1. The third kappa shape index (κ3) is 563. The first-order chi connectivity index (χ1) is 2.45. The maximum Gasteiger partial charge on any atom is 1.00 e. The van der Waals surface area contributed by atoms with Crippen molar-refractivity contribution in [2.24, 2.45) is 0 Å². The van der Waals surface area contributed by atoms with Gasteiger partial charge in [0.1, 0.15) is 0 Å². The van der Waals surface area contributed by atoms with Gasteiger partial charge in [0.15, 0.2) is 0 Å². The summed E-state index contributed by atoms with van der Waals surface area (Å²) in [4.78, 5) is 0. The van der Waals surface area contributed by atoms with Crippen LogP contribution in [0.4, 0.5) is 25.2 Å². The largest absolute Gasteiger partial charge is 1.00 e. The Morgan fingerprint density at radius 1 is 0.625 bits per heavy atom. The van der Waals surface area contributed by atoms with E-state index in [2.05, 4.69) is 0 Å². The molecule has 0 heterocycles. The molecule has 0 aliphatic heterocycles. The van der Waals surface area contributed by atoms with Crippen molar-refractivity contribution < 1.29 is 44.0 Å². The van der Waals surface area contributed by atoms with E-state index in [4.69, 9.17) is 0 Å². The van der Waals surface area contributed by atoms with Crippen molar-refractivity contribution in [1.82, 2.24) is 0 Å². The van der Waals surface area contributed by atoms with E-state index < -0.39 is 7.81 Å². The average molecular weight is 151 g/mol. The second-order valence-corrected chi connectivity index (χ2v) is 2.87. The smallest absolute Gasteiger partial charge is 1.00 e. The van der Waals surface area contributed by atoms with E-state index in [0.717, 1.165) is 0 Å². The first-order valence-electron chi connectivity index (χ1n) is 1.01. The minimum absolute atomic E-state index is 0. The molecule has 0 fully saturated rings. The quantitative estimate of drug-likeness (QED) is 0.267. The van der Waals surface area contributed by atoms with Crippen LogP contribution in [0.2, 0.25) is 0 Å². The Hall–Kier alpha value is 0.607. The Labute approximate surface area is 52.7 Å². The van der Waals surface area contributed by atoms with Crippen LogP contribution in [-0.4, -0.2) is 0 Å². The van der Waals surface area contributed by atoms with Crippen LogP contribution in [0.5, 0.6) is 0 Å². The molecule has 0 bridgehead atoms. The van der Waals surface area contributed by atoms with Crippen molar-refractivity contribution in [3.8, 4) is 0 Å². The first kappa shape index (κ1) is 11.4. The van der Waals surface area contributed by atoms with E-state index in [-0.39, 0.29) is 18.9 Å². The van der Waals surface area contributed by atoms with Crippen LogP contribution in [0.1, 0.15) is 0 Å². The van der Waals surface area contributed by atoms with Gasteiger partial charge in [0.2, 0.25) is 0 Å². The SMILES string of the molecule is F[P-](F)(F)(F)(F)F.[6Li+]. The standard InChI is InChI=1S/F6P.Li/c1-7(2,3,4,5)6;/q-1;+1/i;1-1. The van der Waals surface area contributed by atoms with E-state index in [1.807, 2.05) is 0 Å². The maximum absolute atomic E-state index is 10.7. The predicted molar refractivity (Wildman–Crippen MR) is 13.6 cm³/mol. The van der Waals surface area contributed by atoms with Gasteiger partial charge >= 0.3 is 51.9 Å². The van der Waals surface area contributed by atoms with Gasteiger partial charge in [0.25, 0.3) is 0 Å². The monoisotopic (exact) mass is 151 g/mol. The van der Waals surface area contributed by atoms with Crippen molar-refractivity contribution in [1.29, 1.82) is 0 Å². The van der Waals surface area contributed by atoms with Gasteiger partial charge in [-0.3, -0.25) is 0 Å². The summed E-state index contributed by atoms with van der Waals surface area (Å²) in [6.45, 7) is 0. The molecule has 0 rings (SSSR count). The zero-order chi connectivity index (χ0) is 6.41. The van der Waals surface area contributed by atoms with Crippen LogP contribution in [0.25, 0.3) is 0 Å². The molecule has 0 aromatic carbocycles. The summed E-state index contributed by atoms with van der Waals surface area (Å²) in [5.74, 6) is 0. The normalized spacial score (nSPS) is 20.2. The van der Waals surface area contributed by atoms with Gasteiger partial charge in [-0.05, 0) is 0 Å². The molecule has 8 heteroatoms. The maximum atomic E-state index is 9.87. The topological polar surface area (TPSA) is 0 Å². The third-order valence-electron chi connectivity index (χ3n) is 0. The van der Waals surface area contributed by atoms with E-state index in [1.165, 1.54) is 0 Å². The average Bonchev–Trinajstić information content (AvgIpc) is 0.592. The third-order valence-corrected chi connectivity index (χ3v) is 0. The van der Waals surface area contributed by atoms with Crippen LogP contribution in [0, 0.1) is 0 Å². The number of hydrogen-bond donors (Lipinski definition) is 0. The molecule has 0 aromatic rings. The minimum Gasteiger partial charge on any atom is 1.00 e. The predicted octanol–water partition coefficient (Wildman–Crippen LogP) is 0.386. The van der Waals surface area contributed by atoms with Crippen LogP contribution in [0.3, 0.4) is 0 Å². The fourth-order valence-corrected chi connectivity index (χ4v) is 0. The molecular formula is F6LiP. The van der Waals surface area contributed by atoms with Gasteiger partial charge in [-0.2, -0.15) is 0 Å². The van der Waals surface area contributed by atoms with Crippen molar-refractivity contribution >= 4 is 7.81 Å². The molecule has 0 radical (unpaired) electrons. The van der Waals surface area contributed by atoms with E-state index in [9.17, 15) is 25.2 Å². The molecule has 0 saturated carbocycles. The molecule has 0 unspecified atom stereocenters. The van der Waals surface area contributed by atoms with Crippen molar-refractivity contribution in [3.63, 3.8) is 0 Å². The Balaban J connectivity index is 0. The molecule has 0 N–H and O–H groups in total. The molecule has 0 aliphatic rings. The Morgan fingerprint density at radius 2 is 0.625 bits per heavy atom. The molecule has 0 aromatic heterocycles. The first-order valence-corrected chi connectivity index (χ1v) is 3.04. The van der Waals surface area contributed by atoms with Gasteiger partial charge < -0.3 is 0 Å². The second kappa shape index (κ2) is 1.36. The molecule has 0 spiro atoms. The molecule has 0 aliphatic carbocycles. The van der Waals surface area contributed by atoms with Gasteiger partial charge in [0.05, 0.1) is 0 Å². The van der Waals surface area contributed by atoms with E-state index in [1.54, 1.807) is 0 Å². The summed E-state index contributed by atoms with van der Waals surface area (Å²) in [5.41, 5.74) is 0. The van der Waals surface area contributed by atoms with Crippen molar-refractivity contribution in [2.45, 2.75) is 0 Å². The van der Waals surface area contributed by atoms with Crippen LogP contribution >= 0.6 is 7.81 Å². The molecule has 0 nitrogen and oxygen atoms in total. The fraction of sp³-hybridized carbons (Fsp3) is 0. The van der Waals surface area contributed by atoms with Crippen molar-refractivity contribution in [3.05, 3.63) is 0 Å². The Kier molecular flexibility index (Phi) is 1.94. The number of hydrogen-bond acceptors (Lipinski definition) is 0. The van der Waals surface area contributed by atoms with Gasteiger partial charge in [-0.1, -0.05) is 0 Å². The molecule has 0 saturated heterocycles. The number of halogens is 6. The summed E-state index contributed by atoms with van der Waals surface area (Å²) in [7, 11) is -10.7. The second-order valence-electron chi connectivity index (χ2n) is 0.958. The fourth-order valence-electron chi connectivity index (χ4n) is 0. The van der Waals surface area contributed by atoms with Gasteiger partial charge in [-0.15, -0.1) is 0 Å². The molecule has 8 heavy (non-hydrogen) atoms. The van der Waals surface area contributed by atoms with Crippen LogP contribution in [0.15, 0.2) is 0 Å². The van der Waals surface area contributed by atoms with Crippen molar-refractivity contribution in [2.75, 3.05) is 0 Å². The summed E-state index contributed by atoms with van der Waals surface area (Å²) in [5, 5.41) is 0. The molecule has 48 valence electrons. The summed E-state index contributed by atoms with van der Waals surface area (Å²) in [6, 6.07) is 0.